The molecule has 110 valence electrons. The molecule has 0 unspecified atom stereocenters. The van der Waals surface area contributed by atoms with Gasteiger partial charge in [-0.05, 0) is 32.8 Å². The summed E-state index contributed by atoms with van der Waals surface area (Å²) < 4.78 is 1.72. The number of aromatic nitrogens is 2. The molecule has 0 spiro atoms. The van der Waals surface area contributed by atoms with Gasteiger partial charge in [-0.1, -0.05) is 12.8 Å². The minimum Gasteiger partial charge on any atom is -0.481 e. The van der Waals surface area contributed by atoms with Crippen molar-refractivity contribution in [3.05, 3.63) is 18.0 Å². The highest BCUT2D eigenvalue weighted by atomic mass is 16.4. The van der Waals surface area contributed by atoms with Crippen LogP contribution < -0.4 is 5.32 Å². The SMILES string of the molecule is CC(C)n1ccc(C(=O)NC2(CC(=O)O)CCCC2)n1. The molecule has 1 aromatic heterocycles. The summed E-state index contributed by atoms with van der Waals surface area (Å²) in [6, 6.07) is 1.86. The third-order valence-electron chi connectivity index (χ3n) is 3.80. The zero-order valence-corrected chi connectivity index (χ0v) is 11.9. The molecule has 6 nitrogen and oxygen atoms in total. The number of aliphatic carboxylic acids is 1. The molecule has 6 heteroatoms. The van der Waals surface area contributed by atoms with E-state index in [1.165, 1.54) is 0 Å². The van der Waals surface area contributed by atoms with E-state index in [1.54, 1.807) is 16.9 Å². The topological polar surface area (TPSA) is 84.2 Å². The van der Waals surface area contributed by atoms with E-state index < -0.39 is 11.5 Å². The quantitative estimate of drug-likeness (QED) is 0.863. The summed E-state index contributed by atoms with van der Waals surface area (Å²) in [5, 5.41) is 16.1. The number of amides is 1. The Morgan fingerprint density at radius 1 is 1.45 bits per heavy atom. The van der Waals surface area contributed by atoms with Gasteiger partial charge in [0.15, 0.2) is 0 Å². The van der Waals surface area contributed by atoms with Crippen molar-refractivity contribution >= 4 is 11.9 Å². The largest absolute Gasteiger partial charge is 0.481 e. The van der Waals surface area contributed by atoms with Crippen LogP contribution in [0.3, 0.4) is 0 Å². The van der Waals surface area contributed by atoms with Gasteiger partial charge in [-0.3, -0.25) is 14.3 Å². The Morgan fingerprint density at radius 3 is 2.60 bits per heavy atom. The fourth-order valence-electron chi connectivity index (χ4n) is 2.74. The van der Waals surface area contributed by atoms with Gasteiger partial charge in [0.05, 0.1) is 12.0 Å². The van der Waals surface area contributed by atoms with Gasteiger partial charge in [-0.15, -0.1) is 0 Å². The number of nitrogens with one attached hydrogen (secondary N) is 1. The second-order valence-electron chi connectivity index (χ2n) is 5.79. The van der Waals surface area contributed by atoms with Gasteiger partial charge in [-0.2, -0.15) is 5.10 Å². The third-order valence-corrected chi connectivity index (χ3v) is 3.80. The summed E-state index contributed by atoms with van der Waals surface area (Å²) in [5.41, 5.74) is -0.264. The molecule has 20 heavy (non-hydrogen) atoms. The molecule has 0 bridgehead atoms. The van der Waals surface area contributed by atoms with Crippen LogP contribution in [0.25, 0.3) is 0 Å². The first-order valence-corrected chi connectivity index (χ1v) is 7.01. The highest BCUT2D eigenvalue weighted by molar-refractivity contribution is 5.93. The molecule has 1 aromatic rings. The second kappa shape index (κ2) is 5.64. The number of hydrogen-bond donors (Lipinski definition) is 2. The molecule has 0 aliphatic heterocycles. The lowest BCUT2D eigenvalue weighted by Gasteiger charge is -2.28. The molecule has 1 fully saturated rings. The fourth-order valence-corrected chi connectivity index (χ4v) is 2.74. The van der Waals surface area contributed by atoms with Crippen molar-refractivity contribution in [1.82, 2.24) is 15.1 Å². The van der Waals surface area contributed by atoms with E-state index in [4.69, 9.17) is 5.11 Å². The van der Waals surface area contributed by atoms with Crippen LogP contribution in [0.2, 0.25) is 0 Å². The zero-order valence-electron chi connectivity index (χ0n) is 11.9. The standard InChI is InChI=1S/C14H21N3O3/c1-10(2)17-8-5-11(16-17)13(20)15-14(9-12(18)19)6-3-4-7-14/h5,8,10H,3-4,6-7,9H2,1-2H3,(H,15,20)(H,18,19). The van der Waals surface area contributed by atoms with E-state index in [1.807, 2.05) is 13.8 Å². The van der Waals surface area contributed by atoms with E-state index in [-0.39, 0.29) is 18.4 Å². The molecule has 1 heterocycles. The van der Waals surface area contributed by atoms with Gasteiger partial charge < -0.3 is 10.4 Å². The van der Waals surface area contributed by atoms with Gasteiger partial charge in [0.25, 0.3) is 5.91 Å². The predicted octanol–water partition coefficient (Wildman–Crippen LogP) is 1.98. The average molecular weight is 279 g/mol. The van der Waals surface area contributed by atoms with Crippen LogP contribution in [0.15, 0.2) is 12.3 Å². The first-order valence-electron chi connectivity index (χ1n) is 7.01. The van der Waals surface area contributed by atoms with Crippen molar-refractivity contribution in [2.75, 3.05) is 0 Å². The molecular weight excluding hydrogens is 258 g/mol. The van der Waals surface area contributed by atoms with E-state index in [0.29, 0.717) is 5.69 Å². The van der Waals surface area contributed by atoms with Crippen LogP contribution in [0, 0.1) is 0 Å². The lowest BCUT2D eigenvalue weighted by Crippen LogP contribution is -2.48. The van der Waals surface area contributed by atoms with Crippen molar-refractivity contribution in [3.8, 4) is 0 Å². The Balaban J connectivity index is 2.09. The molecule has 1 aliphatic carbocycles. The van der Waals surface area contributed by atoms with Crippen LogP contribution in [0.4, 0.5) is 0 Å². The minimum absolute atomic E-state index is 0.0242. The maximum Gasteiger partial charge on any atom is 0.305 e. The summed E-state index contributed by atoms with van der Waals surface area (Å²) in [4.78, 5) is 23.2. The van der Waals surface area contributed by atoms with Crippen molar-refractivity contribution in [3.63, 3.8) is 0 Å². The first-order chi connectivity index (χ1) is 9.42. The van der Waals surface area contributed by atoms with Gasteiger partial charge in [0, 0.05) is 12.2 Å². The Kier molecular flexibility index (Phi) is 4.11. The van der Waals surface area contributed by atoms with E-state index in [0.717, 1.165) is 25.7 Å². The summed E-state index contributed by atoms with van der Waals surface area (Å²) in [6.07, 6.45) is 5.08. The summed E-state index contributed by atoms with van der Waals surface area (Å²) >= 11 is 0. The van der Waals surface area contributed by atoms with Gasteiger partial charge in [0.1, 0.15) is 5.69 Å². The Hall–Kier alpha value is -1.85. The molecule has 0 atom stereocenters. The second-order valence-corrected chi connectivity index (χ2v) is 5.79. The lowest BCUT2D eigenvalue weighted by molar-refractivity contribution is -0.138. The fraction of sp³-hybridized carbons (Fsp3) is 0.643. The van der Waals surface area contributed by atoms with Gasteiger partial charge in [0.2, 0.25) is 0 Å². The van der Waals surface area contributed by atoms with Crippen LogP contribution in [0.1, 0.15) is 62.5 Å². The van der Waals surface area contributed by atoms with Crippen LogP contribution in [-0.2, 0) is 4.79 Å². The van der Waals surface area contributed by atoms with Gasteiger partial charge >= 0.3 is 5.97 Å². The summed E-state index contributed by atoms with van der Waals surface area (Å²) in [5.74, 6) is -1.16. The Morgan fingerprint density at radius 2 is 2.10 bits per heavy atom. The normalized spacial score (nSPS) is 17.4. The van der Waals surface area contributed by atoms with Crippen molar-refractivity contribution in [2.45, 2.75) is 57.5 Å². The summed E-state index contributed by atoms with van der Waals surface area (Å²) in [7, 11) is 0. The molecule has 2 rings (SSSR count). The number of hydrogen-bond acceptors (Lipinski definition) is 3. The van der Waals surface area contributed by atoms with Crippen LogP contribution in [-0.4, -0.2) is 32.3 Å². The predicted molar refractivity (Wildman–Crippen MR) is 73.5 cm³/mol. The smallest absolute Gasteiger partial charge is 0.305 e. The van der Waals surface area contributed by atoms with Crippen molar-refractivity contribution in [1.29, 1.82) is 0 Å². The van der Waals surface area contributed by atoms with Crippen LogP contribution in [0.5, 0.6) is 0 Å². The molecule has 0 saturated heterocycles. The van der Waals surface area contributed by atoms with E-state index >= 15 is 0 Å². The molecule has 0 radical (unpaired) electrons. The molecular formula is C14H21N3O3. The molecule has 1 saturated carbocycles. The highest BCUT2D eigenvalue weighted by Crippen LogP contribution is 2.32. The summed E-state index contributed by atoms with van der Waals surface area (Å²) in [6.45, 7) is 3.97. The van der Waals surface area contributed by atoms with E-state index in [2.05, 4.69) is 10.4 Å². The number of nitrogens with zero attached hydrogens (tertiary/aromatic N) is 2. The Bertz CT molecular complexity index is 502. The van der Waals surface area contributed by atoms with Crippen molar-refractivity contribution in [2.24, 2.45) is 0 Å². The first kappa shape index (κ1) is 14.6. The number of carbonyl (C=O) groups excluding carboxylic acids is 1. The lowest BCUT2D eigenvalue weighted by atomic mass is 9.93. The molecule has 1 aliphatic rings. The Labute approximate surface area is 118 Å². The molecule has 1 amide bonds. The zero-order chi connectivity index (χ0) is 14.8. The maximum absolute atomic E-state index is 12.2. The average Bonchev–Trinajstić information content (AvgIpc) is 2.96. The maximum atomic E-state index is 12.2. The monoisotopic (exact) mass is 279 g/mol. The van der Waals surface area contributed by atoms with Crippen LogP contribution >= 0.6 is 0 Å². The number of carbonyl (C=O) groups is 2. The number of rotatable bonds is 5. The van der Waals surface area contributed by atoms with Crippen molar-refractivity contribution < 1.29 is 14.7 Å². The minimum atomic E-state index is -0.875. The molecule has 0 aromatic carbocycles. The van der Waals surface area contributed by atoms with E-state index in [9.17, 15) is 9.59 Å². The van der Waals surface area contributed by atoms with Gasteiger partial charge in [-0.25, -0.2) is 0 Å². The number of carboxylic acids is 1. The molecule has 2 N–H and O–H groups in total. The third kappa shape index (κ3) is 3.18. The number of carboxylic acid groups (broad SMARTS) is 1. The highest BCUT2D eigenvalue weighted by Gasteiger charge is 2.37.